The summed E-state index contributed by atoms with van der Waals surface area (Å²) in [5.74, 6) is -1.34. The van der Waals surface area contributed by atoms with Crippen molar-refractivity contribution in [3.05, 3.63) is 12.2 Å². The molecule has 7 nitrogen and oxygen atoms in total. The van der Waals surface area contributed by atoms with Crippen LogP contribution in [0.1, 0.15) is 51.4 Å². The van der Waals surface area contributed by atoms with Crippen molar-refractivity contribution < 1.29 is 24.9 Å². The van der Waals surface area contributed by atoms with Gasteiger partial charge in [-0.1, -0.05) is 18.6 Å². The van der Waals surface area contributed by atoms with Gasteiger partial charge in [-0.05, 0) is 38.5 Å². The van der Waals surface area contributed by atoms with Crippen molar-refractivity contribution in [2.45, 2.75) is 69.1 Å². The molecule has 2 unspecified atom stereocenters. The molecule has 132 valence electrons. The maximum absolute atomic E-state index is 11.9. The van der Waals surface area contributed by atoms with E-state index in [9.17, 15) is 19.8 Å². The molecule has 1 aliphatic carbocycles. The monoisotopic (exact) mass is 328 g/mol. The highest BCUT2D eigenvalue weighted by atomic mass is 16.4. The van der Waals surface area contributed by atoms with Crippen LogP contribution >= 0.6 is 0 Å². The van der Waals surface area contributed by atoms with Crippen LogP contribution in [0.2, 0.25) is 0 Å². The average molecular weight is 328 g/mol. The second kappa shape index (κ2) is 9.64. The zero-order valence-corrected chi connectivity index (χ0v) is 13.4. The highest BCUT2D eigenvalue weighted by Crippen LogP contribution is 2.26. The van der Waals surface area contributed by atoms with Crippen LogP contribution in [0.25, 0.3) is 0 Å². The van der Waals surface area contributed by atoms with Gasteiger partial charge in [0.1, 0.15) is 17.7 Å². The summed E-state index contributed by atoms with van der Waals surface area (Å²) in [7, 11) is 0. The van der Waals surface area contributed by atoms with Crippen LogP contribution in [0.3, 0.4) is 0 Å². The molecule has 7 heteroatoms. The third kappa shape index (κ3) is 7.11. The normalized spacial score (nSPS) is 27.5. The first-order valence-corrected chi connectivity index (χ1v) is 8.17. The third-order valence-corrected chi connectivity index (χ3v) is 4.15. The molecule has 0 fully saturated rings. The Hall–Kier alpha value is -1.44. The second-order valence-electron chi connectivity index (χ2n) is 6.19. The molecule has 0 saturated carbocycles. The molecule has 6 N–H and O–H groups in total. The van der Waals surface area contributed by atoms with E-state index in [2.05, 4.69) is 5.32 Å². The summed E-state index contributed by atoms with van der Waals surface area (Å²) >= 11 is 0. The molecule has 0 heterocycles. The zero-order valence-electron chi connectivity index (χ0n) is 13.4. The van der Waals surface area contributed by atoms with Crippen molar-refractivity contribution in [3.63, 3.8) is 0 Å². The van der Waals surface area contributed by atoms with Crippen molar-refractivity contribution in [3.8, 4) is 0 Å². The predicted molar refractivity (Wildman–Crippen MR) is 85.7 cm³/mol. The topological polar surface area (TPSA) is 133 Å². The van der Waals surface area contributed by atoms with E-state index in [4.69, 9.17) is 10.8 Å². The number of carboxylic acids is 1. The Kier molecular flexibility index (Phi) is 8.22. The lowest BCUT2D eigenvalue weighted by molar-refractivity contribution is -0.138. The number of rotatable bonds is 8. The standard InChI is InChI=1S/C16H28N2O5/c17-12(15(21)22)7-4-6-10-18-14(20)11-16(23)9-5-2-1-3-8-13(16)19/h3,8,12-13,19,23H,1-2,4-7,9-11,17H2,(H,18,20)(H,21,22)/b8-3+/t12-,13?,16?/m0/s1. The fourth-order valence-electron chi connectivity index (χ4n) is 2.62. The predicted octanol–water partition coefficient (Wildman–Crippen LogP) is 0.297. The Morgan fingerprint density at radius 3 is 2.78 bits per heavy atom. The fourth-order valence-corrected chi connectivity index (χ4v) is 2.62. The van der Waals surface area contributed by atoms with E-state index < -0.39 is 23.7 Å². The van der Waals surface area contributed by atoms with Crippen molar-refractivity contribution >= 4 is 11.9 Å². The Balaban J connectivity index is 2.30. The molecule has 23 heavy (non-hydrogen) atoms. The molecule has 0 aromatic heterocycles. The van der Waals surface area contributed by atoms with Gasteiger partial charge in [0, 0.05) is 6.54 Å². The van der Waals surface area contributed by atoms with Crippen LogP contribution in [0.15, 0.2) is 12.2 Å². The van der Waals surface area contributed by atoms with Gasteiger partial charge in [0.2, 0.25) is 5.91 Å². The van der Waals surface area contributed by atoms with Gasteiger partial charge < -0.3 is 26.4 Å². The van der Waals surface area contributed by atoms with E-state index in [-0.39, 0.29) is 12.3 Å². The van der Waals surface area contributed by atoms with Crippen molar-refractivity contribution in [2.24, 2.45) is 5.73 Å². The smallest absolute Gasteiger partial charge is 0.320 e. The summed E-state index contributed by atoms with van der Waals surface area (Å²) in [6.07, 6.45) is 6.73. The largest absolute Gasteiger partial charge is 0.480 e. The van der Waals surface area contributed by atoms with E-state index in [0.29, 0.717) is 32.2 Å². The Morgan fingerprint density at radius 2 is 2.09 bits per heavy atom. The highest BCUT2D eigenvalue weighted by molar-refractivity contribution is 5.77. The van der Waals surface area contributed by atoms with Crippen molar-refractivity contribution in [2.75, 3.05) is 6.54 Å². The van der Waals surface area contributed by atoms with Gasteiger partial charge in [0.05, 0.1) is 6.42 Å². The van der Waals surface area contributed by atoms with Gasteiger partial charge in [-0.3, -0.25) is 9.59 Å². The molecule has 1 amide bonds. The summed E-state index contributed by atoms with van der Waals surface area (Å²) in [4.78, 5) is 22.5. The molecule has 3 atom stereocenters. The molecular weight excluding hydrogens is 300 g/mol. The molecule has 0 radical (unpaired) electrons. The number of carbonyl (C=O) groups excluding carboxylic acids is 1. The van der Waals surface area contributed by atoms with Gasteiger partial charge in [-0.2, -0.15) is 0 Å². The molecule has 0 aromatic carbocycles. The lowest BCUT2D eigenvalue weighted by Gasteiger charge is -2.32. The first-order valence-electron chi connectivity index (χ1n) is 8.17. The molecule has 0 bridgehead atoms. The first-order chi connectivity index (χ1) is 10.8. The quantitative estimate of drug-likeness (QED) is 0.321. The summed E-state index contributed by atoms with van der Waals surface area (Å²) in [5, 5.41) is 31.9. The number of hydrogen-bond acceptors (Lipinski definition) is 5. The fraction of sp³-hybridized carbons (Fsp3) is 0.750. The zero-order chi connectivity index (χ0) is 17.3. The van der Waals surface area contributed by atoms with Crippen LogP contribution in [-0.4, -0.2) is 51.5 Å². The van der Waals surface area contributed by atoms with Crippen molar-refractivity contribution in [1.29, 1.82) is 0 Å². The van der Waals surface area contributed by atoms with Gasteiger partial charge in [-0.25, -0.2) is 0 Å². The Bertz CT molecular complexity index is 427. The van der Waals surface area contributed by atoms with Crippen LogP contribution in [0.4, 0.5) is 0 Å². The Labute approximate surface area is 136 Å². The van der Waals surface area contributed by atoms with E-state index in [1.54, 1.807) is 6.08 Å². The number of hydrogen-bond donors (Lipinski definition) is 5. The number of aliphatic carboxylic acids is 1. The highest BCUT2D eigenvalue weighted by Gasteiger charge is 2.36. The summed E-state index contributed by atoms with van der Waals surface area (Å²) in [5.41, 5.74) is 3.96. The minimum absolute atomic E-state index is 0.146. The van der Waals surface area contributed by atoms with E-state index in [1.165, 1.54) is 0 Å². The minimum atomic E-state index is -1.42. The lowest BCUT2D eigenvalue weighted by Crippen LogP contribution is -2.46. The summed E-state index contributed by atoms with van der Waals surface area (Å²) in [6, 6.07) is -0.872. The SMILES string of the molecule is N[C@@H](CCCCNC(=O)CC1(O)CCCC/C=C/C1O)C(=O)O. The molecule has 0 spiro atoms. The molecular formula is C16H28N2O5. The third-order valence-electron chi connectivity index (χ3n) is 4.15. The van der Waals surface area contributed by atoms with E-state index in [0.717, 1.165) is 19.3 Å². The van der Waals surface area contributed by atoms with Crippen LogP contribution in [0.5, 0.6) is 0 Å². The Morgan fingerprint density at radius 1 is 1.35 bits per heavy atom. The first kappa shape index (κ1) is 19.6. The number of allylic oxidation sites excluding steroid dienone is 1. The van der Waals surface area contributed by atoms with Crippen molar-refractivity contribution in [1.82, 2.24) is 5.32 Å². The molecule has 1 rings (SSSR count). The number of aliphatic hydroxyl groups excluding tert-OH is 1. The number of aliphatic hydroxyl groups is 2. The lowest BCUT2D eigenvalue weighted by atomic mass is 9.84. The van der Waals surface area contributed by atoms with E-state index >= 15 is 0 Å². The number of amides is 1. The molecule has 0 saturated heterocycles. The van der Waals surface area contributed by atoms with Gasteiger partial charge >= 0.3 is 5.97 Å². The number of nitrogens with two attached hydrogens (primary N) is 1. The minimum Gasteiger partial charge on any atom is -0.480 e. The van der Waals surface area contributed by atoms with Gasteiger partial charge in [0.15, 0.2) is 0 Å². The number of nitrogens with one attached hydrogen (secondary N) is 1. The summed E-state index contributed by atoms with van der Waals surface area (Å²) < 4.78 is 0. The molecule has 1 aliphatic rings. The summed E-state index contributed by atoms with van der Waals surface area (Å²) in [6.45, 7) is 0.396. The van der Waals surface area contributed by atoms with Crippen LogP contribution in [0, 0.1) is 0 Å². The average Bonchev–Trinajstić information content (AvgIpc) is 2.48. The van der Waals surface area contributed by atoms with Crippen LogP contribution in [-0.2, 0) is 9.59 Å². The van der Waals surface area contributed by atoms with Gasteiger partial charge in [-0.15, -0.1) is 0 Å². The maximum Gasteiger partial charge on any atom is 0.320 e. The number of unbranched alkanes of at least 4 members (excludes halogenated alkanes) is 1. The molecule has 0 aromatic rings. The number of carboxylic acid groups (broad SMARTS) is 1. The van der Waals surface area contributed by atoms with Crippen LogP contribution < -0.4 is 11.1 Å². The van der Waals surface area contributed by atoms with E-state index in [1.807, 2.05) is 6.08 Å². The molecule has 0 aliphatic heterocycles. The maximum atomic E-state index is 11.9. The second-order valence-corrected chi connectivity index (χ2v) is 6.19. The van der Waals surface area contributed by atoms with Gasteiger partial charge in [0.25, 0.3) is 0 Å². The number of carbonyl (C=O) groups is 2.